The third-order valence-electron chi connectivity index (χ3n) is 2.08. The van der Waals surface area contributed by atoms with E-state index in [1.807, 2.05) is 0 Å². The summed E-state index contributed by atoms with van der Waals surface area (Å²) in [7, 11) is 0. The van der Waals surface area contributed by atoms with Gasteiger partial charge in [-0.2, -0.15) is 0 Å². The van der Waals surface area contributed by atoms with Crippen molar-refractivity contribution in [3.63, 3.8) is 0 Å². The SMILES string of the molecule is CC(C)(Sc1cc(Cl)c(F)cc1[N+](=O)[O-])C(=O)O. The van der Waals surface area contributed by atoms with Crippen LogP contribution in [-0.4, -0.2) is 20.7 Å². The van der Waals surface area contributed by atoms with Crippen LogP contribution in [0, 0.1) is 15.9 Å². The van der Waals surface area contributed by atoms with Gasteiger partial charge in [0, 0.05) is 0 Å². The van der Waals surface area contributed by atoms with E-state index >= 15 is 0 Å². The maximum atomic E-state index is 13.1. The Bertz CT molecular complexity index is 521. The molecule has 0 atom stereocenters. The molecule has 0 aliphatic carbocycles. The van der Waals surface area contributed by atoms with Crippen molar-refractivity contribution in [3.8, 4) is 0 Å². The van der Waals surface area contributed by atoms with Crippen LogP contribution in [0.5, 0.6) is 0 Å². The Labute approximate surface area is 111 Å². The Balaban J connectivity index is 3.27. The predicted molar refractivity (Wildman–Crippen MR) is 65.6 cm³/mol. The number of carbonyl (C=O) groups is 1. The molecule has 0 aliphatic rings. The molecule has 0 spiro atoms. The quantitative estimate of drug-likeness (QED) is 0.523. The van der Waals surface area contributed by atoms with Gasteiger partial charge in [0.05, 0.1) is 20.9 Å². The highest BCUT2D eigenvalue weighted by molar-refractivity contribution is 8.01. The van der Waals surface area contributed by atoms with Gasteiger partial charge >= 0.3 is 5.97 Å². The van der Waals surface area contributed by atoms with E-state index in [4.69, 9.17) is 16.7 Å². The fourth-order valence-corrected chi connectivity index (χ4v) is 2.34. The molecule has 0 unspecified atom stereocenters. The third-order valence-corrected chi connectivity index (χ3v) is 3.60. The first-order valence-electron chi connectivity index (χ1n) is 4.71. The number of thioether (sulfide) groups is 1. The number of hydrogen-bond acceptors (Lipinski definition) is 4. The molecule has 18 heavy (non-hydrogen) atoms. The van der Waals surface area contributed by atoms with E-state index in [0.29, 0.717) is 6.07 Å². The van der Waals surface area contributed by atoms with Crippen molar-refractivity contribution in [2.45, 2.75) is 23.5 Å². The van der Waals surface area contributed by atoms with Crippen LogP contribution < -0.4 is 0 Å². The lowest BCUT2D eigenvalue weighted by Crippen LogP contribution is -2.27. The maximum Gasteiger partial charge on any atom is 0.319 e. The van der Waals surface area contributed by atoms with Crippen molar-refractivity contribution < 1.29 is 19.2 Å². The largest absolute Gasteiger partial charge is 0.480 e. The fraction of sp³-hybridized carbons (Fsp3) is 0.300. The summed E-state index contributed by atoms with van der Waals surface area (Å²) >= 11 is 6.28. The van der Waals surface area contributed by atoms with Gasteiger partial charge in [0.25, 0.3) is 5.69 Å². The van der Waals surface area contributed by atoms with Gasteiger partial charge in [0.1, 0.15) is 10.6 Å². The number of carboxylic acid groups (broad SMARTS) is 1. The molecule has 1 N–H and O–H groups in total. The summed E-state index contributed by atoms with van der Waals surface area (Å²) in [5.74, 6) is -2.05. The van der Waals surface area contributed by atoms with Crippen molar-refractivity contribution in [2.24, 2.45) is 0 Å². The number of nitro benzene ring substituents is 1. The van der Waals surface area contributed by atoms with Gasteiger partial charge in [0.2, 0.25) is 0 Å². The Hall–Kier alpha value is -1.34. The van der Waals surface area contributed by atoms with Crippen molar-refractivity contribution in [1.29, 1.82) is 0 Å². The van der Waals surface area contributed by atoms with Crippen LogP contribution in [0.15, 0.2) is 17.0 Å². The van der Waals surface area contributed by atoms with Crippen LogP contribution in [0.1, 0.15) is 13.8 Å². The molecule has 5 nitrogen and oxygen atoms in total. The second-order valence-electron chi connectivity index (χ2n) is 3.91. The minimum Gasteiger partial charge on any atom is -0.480 e. The second-order valence-corrected chi connectivity index (χ2v) is 5.98. The summed E-state index contributed by atoms with van der Waals surface area (Å²) in [6, 6.07) is 1.74. The van der Waals surface area contributed by atoms with E-state index in [9.17, 15) is 19.3 Å². The molecule has 0 aliphatic heterocycles. The lowest BCUT2D eigenvalue weighted by Gasteiger charge is -2.18. The maximum absolute atomic E-state index is 13.1. The minimum absolute atomic E-state index is 0.0128. The summed E-state index contributed by atoms with van der Waals surface area (Å²) in [6.45, 7) is 2.78. The molecule has 1 aromatic carbocycles. The van der Waals surface area contributed by atoms with Gasteiger partial charge in [-0.05, 0) is 19.9 Å². The summed E-state index contributed by atoms with van der Waals surface area (Å²) in [5, 5.41) is 19.4. The van der Waals surface area contributed by atoms with Gasteiger partial charge in [-0.3, -0.25) is 14.9 Å². The summed E-state index contributed by atoms with van der Waals surface area (Å²) < 4.78 is 11.9. The molecule has 0 radical (unpaired) electrons. The molecular weight excluding hydrogens is 285 g/mol. The first-order chi connectivity index (χ1) is 8.15. The molecule has 0 heterocycles. The topological polar surface area (TPSA) is 80.4 Å². The highest BCUT2D eigenvalue weighted by Gasteiger charge is 2.32. The van der Waals surface area contributed by atoms with Gasteiger partial charge in [-0.1, -0.05) is 11.6 Å². The molecule has 0 bridgehead atoms. The van der Waals surface area contributed by atoms with Gasteiger partial charge in [0.15, 0.2) is 0 Å². The zero-order valence-corrected chi connectivity index (χ0v) is 11.0. The normalized spacial score (nSPS) is 11.3. The number of halogens is 2. The zero-order valence-electron chi connectivity index (χ0n) is 9.44. The summed E-state index contributed by atoms with van der Waals surface area (Å²) in [4.78, 5) is 21.0. The van der Waals surface area contributed by atoms with Crippen LogP contribution in [0.25, 0.3) is 0 Å². The van der Waals surface area contributed by atoms with Crippen LogP contribution in [0.4, 0.5) is 10.1 Å². The van der Waals surface area contributed by atoms with E-state index in [2.05, 4.69) is 0 Å². The highest BCUT2D eigenvalue weighted by Crippen LogP contribution is 2.40. The van der Waals surface area contributed by atoms with E-state index in [1.54, 1.807) is 0 Å². The number of rotatable bonds is 4. The van der Waals surface area contributed by atoms with Crippen LogP contribution in [0.3, 0.4) is 0 Å². The van der Waals surface area contributed by atoms with Gasteiger partial charge in [-0.25, -0.2) is 4.39 Å². The lowest BCUT2D eigenvalue weighted by molar-refractivity contribution is -0.387. The zero-order chi connectivity index (χ0) is 14.1. The highest BCUT2D eigenvalue weighted by atomic mass is 35.5. The van der Waals surface area contributed by atoms with Gasteiger partial charge in [-0.15, -0.1) is 11.8 Å². The monoisotopic (exact) mass is 293 g/mol. The van der Waals surface area contributed by atoms with Crippen LogP contribution in [-0.2, 0) is 4.79 Å². The van der Waals surface area contributed by atoms with E-state index < -0.39 is 27.1 Å². The van der Waals surface area contributed by atoms with E-state index in [-0.39, 0.29) is 9.92 Å². The average Bonchev–Trinajstić information content (AvgIpc) is 2.22. The van der Waals surface area contributed by atoms with Crippen molar-refractivity contribution >= 4 is 35.0 Å². The Morgan fingerprint density at radius 2 is 2.11 bits per heavy atom. The van der Waals surface area contributed by atoms with Crippen molar-refractivity contribution in [2.75, 3.05) is 0 Å². The summed E-state index contributed by atoms with van der Waals surface area (Å²) in [5.41, 5.74) is -0.503. The van der Waals surface area contributed by atoms with E-state index in [1.165, 1.54) is 13.8 Å². The molecule has 1 rings (SSSR count). The Morgan fingerprint density at radius 3 is 2.56 bits per heavy atom. The van der Waals surface area contributed by atoms with Crippen molar-refractivity contribution in [3.05, 3.63) is 33.1 Å². The average molecular weight is 294 g/mol. The molecule has 0 saturated heterocycles. The van der Waals surface area contributed by atoms with E-state index in [0.717, 1.165) is 17.8 Å². The molecule has 8 heteroatoms. The smallest absolute Gasteiger partial charge is 0.319 e. The Kier molecular flexibility index (Phi) is 4.18. The van der Waals surface area contributed by atoms with Crippen LogP contribution in [0.2, 0.25) is 5.02 Å². The first-order valence-corrected chi connectivity index (χ1v) is 5.90. The van der Waals surface area contributed by atoms with Gasteiger partial charge < -0.3 is 5.11 Å². The number of hydrogen-bond donors (Lipinski definition) is 1. The molecular formula is C10H9ClFNO4S. The minimum atomic E-state index is -1.29. The number of nitrogens with zero attached hydrogens (tertiary/aromatic N) is 1. The predicted octanol–water partition coefficient (Wildman–Crippen LogP) is 3.34. The second kappa shape index (κ2) is 5.11. The van der Waals surface area contributed by atoms with Crippen molar-refractivity contribution in [1.82, 2.24) is 0 Å². The van der Waals surface area contributed by atoms with Crippen LogP contribution >= 0.6 is 23.4 Å². The number of carboxylic acids is 1. The number of nitro groups is 1. The molecule has 0 aromatic heterocycles. The number of benzene rings is 1. The molecule has 0 saturated carbocycles. The molecule has 98 valence electrons. The standard InChI is InChI=1S/C10H9ClFNO4S/c1-10(2,9(14)15)18-8-3-5(11)6(12)4-7(8)13(16)17/h3-4H,1-2H3,(H,14,15). The third kappa shape index (κ3) is 3.11. The molecule has 0 fully saturated rings. The summed E-state index contributed by atoms with van der Waals surface area (Å²) in [6.07, 6.45) is 0. The number of aliphatic carboxylic acids is 1. The lowest BCUT2D eigenvalue weighted by atomic mass is 10.2. The first kappa shape index (κ1) is 14.7. The molecule has 1 aromatic rings. The fourth-order valence-electron chi connectivity index (χ4n) is 1.06. The molecule has 0 amide bonds. The Morgan fingerprint density at radius 1 is 1.56 bits per heavy atom.